The molecule has 2 rings (SSSR count). The van der Waals surface area contributed by atoms with Crippen LogP contribution in [-0.4, -0.2) is 35.8 Å². The molecule has 2 N–H and O–H groups in total. The number of rotatable bonds is 9. The van der Waals surface area contributed by atoms with Gasteiger partial charge in [0.25, 0.3) is 0 Å². The maximum Gasteiger partial charge on any atom is 0.387 e. The van der Waals surface area contributed by atoms with Gasteiger partial charge in [-0.05, 0) is 25.1 Å². The summed E-state index contributed by atoms with van der Waals surface area (Å²) in [6.07, 6.45) is 0.529. The Kier molecular flexibility index (Phi) is 11.2. The molecular weight excluding hydrogens is 519 g/mol. The van der Waals surface area contributed by atoms with Crippen LogP contribution in [0.5, 0.6) is 5.75 Å². The number of aromatic nitrogens is 2. The van der Waals surface area contributed by atoms with E-state index in [0.29, 0.717) is 47.8 Å². The van der Waals surface area contributed by atoms with E-state index in [4.69, 9.17) is 16.1 Å². The predicted molar refractivity (Wildman–Crippen MR) is 118 cm³/mol. The highest BCUT2D eigenvalue weighted by Gasteiger charge is 2.11. The lowest BCUT2D eigenvalue weighted by Crippen LogP contribution is -2.38. The van der Waals surface area contributed by atoms with E-state index in [9.17, 15) is 8.78 Å². The molecule has 7 nitrogen and oxygen atoms in total. The quantitative estimate of drug-likeness (QED) is 0.278. The van der Waals surface area contributed by atoms with Crippen LogP contribution in [0.2, 0.25) is 5.02 Å². The Hall–Kier alpha value is -1.69. The molecule has 0 bridgehead atoms. The summed E-state index contributed by atoms with van der Waals surface area (Å²) in [7, 11) is 0. The fourth-order valence-electron chi connectivity index (χ4n) is 2.28. The van der Waals surface area contributed by atoms with Gasteiger partial charge in [-0.3, -0.25) is 0 Å². The molecule has 2 aromatic rings. The Bertz CT molecular complexity index is 789. The number of ether oxygens (including phenoxy) is 1. The van der Waals surface area contributed by atoms with Crippen molar-refractivity contribution in [1.82, 2.24) is 20.8 Å². The van der Waals surface area contributed by atoms with Gasteiger partial charge in [0.2, 0.25) is 5.89 Å². The second-order valence-electron chi connectivity index (χ2n) is 6.20. The number of hydrogen-bond donors (Lipinski definition) is 2. The van der Waals surface area contributed by atoms with Crippen LogP contribution in [0.1, 0.15) is 44.0 Å². The van der Waals surface area contributed by atoms with E-state index in [2.05, 4.69) is 30.5 Å². The van der Waals surface area contributed by atoms with Crippen molar-refractivity contribution in [2.24, 2.45) is 4.99 Å². The normalized spacial score (nSPS) is 11.5. The molecule has 0 aliphatic carbocycles. The highest BCUT2D eigenvalue weighted by Crippen LogP contribution is 2.25. The van der Waals surface area contributed by atoms with Crippen molar-refractivity contribution in [1.29, 1.82) is 0 Å². The Balaban J connectivity index is 0.00000420. The van der Waals surface area contributed by atoms with Crippen molar-refractivity contribution >= 4 is 41.5 Å². The fourth-order valence-corrected chi connectivity index (χ4v) is 2.48. The summed E-state index contributed by atoms with van der Waals surface area (Å²) in [6.45, 7) is 4.27. The molecule has 1 aromatic carbocycles. The summed E-state index contributed by atoms with van der Waals surface area (Å²) >= 11 is 5.96. The Morgan fingerprint density at radius 1 is 1.31 bits per heavy atom. The van der Waals surface area contributed by atoms with Gasteiger partial charge in [0.15, 0.2) is 11.8 Å². The van der Waals surface area contributed by atoms with E-state index in [-0.39, 0.29) is 42.2 Å². The smallest absolute Gasteiger partial charge is 0.387 e. The molecule has 0 aliphatic rings. The van der Waals surface area contributed by atoms with Gasteiger partial charge < -0.3 is 19.9 Å². The van der Waals surface area contributed by atoms with Gasteiger partial charge in [-0.25, -0.2) is 4.99 Å². The second-order valence-corrected chi connectivity index (χ2v) is 6.64. The second kappa shape index (κ2) is 12.8. The van der Waals surface area contributed by atoms with Gasteiger partial charge >= 0.3 is 6.61 Å². The number of benzene rings is 1. The first-order chi connectivity index (χ1) is 13.4. The molecule has 0 spiro atoms. The number of nitrogens with one attached hydrogen (secondary N) is 2. The zero-order chi connectivity index (χ0) is 20.5. The minimum absolute atomic E-state index is 0. The van der Waals surface area contributed by atoms with Crippen molar-refractivity contribution < 1.29 is 18.0 Å². The summed E-state index contributed by atoms with van der Waals surface area (Å²) in [5.41, 5.74) is 0.462. The van der Waals surface area contributed by atoms with Crippen LogP contribution in [0, 0.1) is 0 Å². The molecule has 1 aromatic heterocycles. The van der Waals surface area contributed by atoms with Crippen LogP contribution in [0.3, 0.4) is 0 Å². The number of nitrogens with zero attached hydrogens (tertiary/aromatic N) is 3. The van der Waals surface area contributed by atoms with Crippen molar-refractivity contribution in [2.45, 2.75) is 46.3 Å². The van der Waals surface area contributed by atoms with Gasteiger partial charge in [0.05, 0.1) is 6.54 Å². The van der Waals surface area contributed by atoms with Crippen LogP contribution >= 0.6 is 35.6 Å². The number of guanidine groups is 1. The van der Waals surface area contributed by atoms with Crippen molar-refractivity contribution in [3.05, 3.63) is 40.5 Å². The Morgan fingerprint density at radius 3 is 2.69 bits per heavy atom. The number of hydrogen-bond acceptors (Lipinski definition) is 5. The third kappa shape index (κ3) is 8.69. The van der Waals surface area contributed by atoms with Gasteiger partial charge in [-0.1, -0.05) is 30.6 Å². The molecule has 0 unspecified atom stereocenters. The Labute approximate surface area is 190 Å². The zero-order valence-corrected chi connectivity index (χ0v) is 19.5. The van der Waals surface area contributed by atoms with Crippen LogP contribution in [0.4, 0.5) is 8.78 Å². The molecule has 162 valence electrons. The number of halogens is 4. The van der Waals surface area contributed by atoms with E-state index in [1.165, 1.54) is 12.1 Å². The van der Waals surface area contributed by atoms with Crippen molar-refractivity contribution in [2.75, 3.05) is 13.1 Å². The SMILES string of the molecule is CCNC(=NCc1cc(Cl)ccc1OC(F)F)NCCc1nc(C(C)C)no1.I. The minimum Gasteiger partial charge on any atom is -0.434 e. The lowest BCUT2D eigenvalue weighted by atomic mass is 10.2. The van der Waals surface area contributed by atoms with E-state index >= 15 is 0 Å². The monoisotopic (exact) mass is 543 g/mol. The molecule has 0 saturated carbocycles. The molecule has 0 radical (unpaired) electrons. The van der Waals surface area contributed by atoms with Gasteiger partial charge in [-0.2, -0.15) is 13.8 Å². The largest absolute Gasteiger partial charge is 0.434 e. The predicted octanol–water partition coefficient (Wildman–Crippen LogP) is 4.36. The zero-order valence-electron chi connectivity index (χ0n) is 16.4. The maximum atomic E-state index is 12.6. The van der Waals surface area contributed by atoms with E-state index in [1.807, 2.05) is 20.8 Å². The van der Waals surface area contributed by atoms with E-state index in [1.54, 1.807) is 6.07 Å². The average molecular weight is 544 g/mol. The minimum atomic E-state index is -2.92. The highest BCUT2D eigenvalue weighted by molar-refractivity contribution is 14.0. The average Bonchev–Trinajstić information content (AvgIpc) is 3.10. The summed E-state index contributed by atoms with van der Waals surface area (Å²) in [6, 6.07) is 4.45. The molecular formula is C18H25ClF2IN5O2. The highest BCUT2D eigenvalue weighted by atomic mass is 127. The van der Waals surface area contributed by atoms with Crippen molar-refractivity contribution in [3.63, 3.8) is 0 Å². The topological polar surface area (TPSA) is 84.6 Å². The third-order valence-electron chi connectivity index (χ3n) is 3.62. The number of aliphatic imine (C=N–C) groups is 1. The lowest BCUT2D eigenvalue weighted by Gasteiger charge is -2.12. The van der Waals surface area contributed by atoms with Crippen LogP contribution in [0.15, 0.2) is 27.7 Å². The summed E-state index contributed by atoms with van der Waals surface area (Å²) in [5.74, 6) is 1.98. The first kappa shape index (κ1) is 25.3. The van der Waals surface area contributed by atoms with Crippen LogP contribution < -0.4 is 15.4 Å². The molecule has 0 amide bonds. The fraction of sp³-hybridized carbons (Fsp3) is 0.500. The van der Waals surface area contributed by atoms with Gasteiger partial charge in [-0.15, -0.1) is 24.0 Å². The molecule has 0 atom stereocenters. The standard InChI is InChI=1S/C18H24ClF2N5O2.HI/c1-4-22-18(23-8-7-15-25-16(11(2)3)26-28-15)24-10-12-9-13(19)5-6-14(12)27-17(20)21;/h5-6,9,11,17H,4,7-8,10H2,1-3H3,(H2,22,23,24);1H. The van der Waals surface area contributed by atoms with Crippen LogP contribution in [-0.2, 0) is 13.0 Å². The summed E-state index contributed by atoms with van der Waals surface area (Å²) in [5, 5.41) is 10.6. The van der Waals surface area contributed by atoms with Gasteiger partial charge in [0.1, 0.15) is 5.75 Å². The molecule has 0 aliphatic heterocycles. The Morgan fingerprint density at radius 2 is 2.07 bits per heavy atom. The molecule has 0 fully saturated rings. The molecule has 0 saturated heterocycles. The van der Waals surface area contributed by atoms with E-state index in [0.717, 1.165) is 0 Å². The van der Waals surface area contributed by atoms with Crippen LogP contribution in [0.25, 0.3) is 0 Å². The van der Waals surface area contributed by atoms with E-state index < -0.39 is 6.61 Å². The lowest BCUT2D eigenvalue weighted by molar-refractivity contribution is -0.0504. The maximum absolute atomic E-state index is 12.6. The summed E-state index contributed by atoms with van der Waals surface area (Å²) in [4.78, 5) is 8.72. The van der Waals surface area contributed by atoms with Crippen molar-refractivity contribution in [3.8, 4) is 5.75 Å². The molecule has 1 heterocycles. The van der Waals surface area contributed by atoms with Gasteiger partial charge in [0, 0.05) is 36.0 Å². The molecule has 29 heavy (non-hydrogen) atoms. The first-order valence-corrected chi connectivity index (χ1v) is 9.34. The first-order valence-electron chi connectivity index (χ1n) is 8.97. The third-order valence-corrected chi connectivity index (χ3v) is 3.86. The number of alkyl halides is 2. The summed E-state index contributed by atoms with van der Waals surface area (Å²) < 4.78 is 34.9. The molecule has 11 heteroatoms.